The third-order valence-corrected chi connectivity index (χ3v) is 2.62. The fourth-order valence-corrected chi connectivity index (χ4v) is 1.76. The molecule has 0 aliphatic rings. The molecule has 0 fully saturated rings. The normalized spacial score (nSPS) is 10.3. The van der Waals surface area contributed by atoms with Crippen LogP contribution in [-0.2, 0) is 6.54 Å². The van der Waals surface area contributed by atoms with E-state index in [1.807, 2.05) is 26.0 Å². The highest BCUT2D eigenvalue weighted by Crippen LogP contribution is 2.21. The number of nitrogens with one attached hydrogen (secondary N) is 1. The number of rotatable bonds is 4. The standard InChI is InChI=1S/C13H14N2O3/c1-8-4-3-5-11(13(16)17)12(8)14-7-10-6-9(2)15-18-10/h3-6,14H,7H2,1-2H3,(H,16,17). The summed E-state index contributed by atoms with van der Waals surface area (Å²) < 4.78 is 5.07. The summed E-state index contributed by atoms with van der Waals surface area (Å²) in [6.07, 6.45) is 0. The van der Waals surface area contributed by atoms with Crippen LogP contribution in [0.3, 0.4) is 0 Å². The second-order valence-electron chi connectivity index (χ2n) is 4.09. The van der Waals surface area contributed by atoms with Crippen molar-refractivity contribution in [3.05, 3.63) is 46.8 Å². The Kier molecular flexibility index (Phi) is 3.32. The molecule has 1 aromatic heterocycles. The van der Waals surface area contributed by atoms with Gasteiger partial charge in [0, 0.05) is 6.07 Å². The average Bonchev–Trinajstić information content (AvgIpc) is 2.73. The maximum absolute atomic E-state index is 11.1. The molecule has 5 heteroatoms. The molecular formula is C13H14N2O3. The smallest absolute Gasteiger partial charge is 0.337 e. The third-order valence-electron chi connectivity index (χ3n) is 2.62. The van der Waals surface area contributed by atoms with Crippen LogP contribution in [0.15, 0.2) is 28.8 Å². The monoisotopic (exact) mass is 246 g/mol. The molecule has 0 amide bonds. The lowest BCUT2D eigenvalue weighted by atomic mass is 10.1. The van der Waals surface area contributed by atoms with Gasteiger partial charge in [-0.3, -0.25) is 0 Å². The number of aryl methyl sites for hydroxylation is 2. The molecule has 5 nitrogen and oxygen atoms in total. The summed E-state index contributed by atoms with van der Waals surface area (Å²) in [7, 11) is 0. The molecule has 0 saturated carbocycles. The first-order valence-electron chi connectivity index (χ1n) is 5.57. The first kappa shape index (κ1) is 12.2. The first-order valence-corrected chi connectivity index (χ1v) is 5.57. The molecule has 1 heterocycles. The van der Waals surface area contributed by atoms with E-state index in [9.17, 15) is 4.79 Å². The molecule has 0 unspecified atom stereocenters. The fourth-order valence-electron chi connectivity index (χ4n) is 1.76. The summed E-state index contributed by atoms with van der Waals surface area (Å²) in [4.78, 5) is 11.1. The number of aromatic nitrogens is 1. The summed E-state index contributed by atoms with van der Waals surface area (Å²) >= 11 is 0. The number of nitrogens with zero attached hydrogens (tertiary/aromatic N) is 1. The summed E-state index contributed by atoms with van der Waals surface area (Å²) in [5.41, 5.74) is 2.55. The molecule has 0 bridgehead atoms. The van der Waals surface area contributed by atoms with Gasteiger partial charge < -0.3 is 14.9 Å². The zero-order valence-electron chi connectivity index (χ0n) is 10.2. The van der Waals surface area contributed by atoms with Crippen LogP contribution in [0.1, 0.15) is 27.4 Å². The van der Waals surface area contributed by atoms with Crippen LogP contribution in [0.5, 0.6) is 0 Å². The van der Waals surface area contributed by atoms with E-state index in [1.165, 1.54) is 0 Å². The Morgan fingerprint density at radius 1 is 1.44 bits per heavy atom. The van der Waals surface area contributed by atoms with Crippen molar-refractivity contribution in [3.8, 4) is 0 Å². The third kappa shape index (κ3) is 2.51. The van der Waals surface area contributed by atoms with Crippen LogP contribution in [0.25, 0.3) is 0 Å². The molecule has 2 rings (SSSR count). The topological polar surface area (TPSA) is 75.4 Å². The van der Waals surface area contributed by atoms with Crippen molar-refractivity contribution < 1.29 is 14.4 Å². The second kappa shape index (κ2) is 4.91. The van der Waals surface area contributed by atoms with Crippen LogP contribution in [0.2, 0.25) is 0 Å². The van der Waals surface area contributed by atoms with Gasteiger partial charge in [0.05, 0.1) is 23.5 Å². The zero-order valence-corrected chi connectivity index (χ0v) is 10.2. The van der Waals surface area contributed by atoms with Gasteiger partial charge in [-0.1, -0.05) is 17.3 Å². The van der Waals surface area contributed by atoms with Crippen molar-refractivity contribution in [3.63, 3.8) is 0 Å². The lowest BCUT2D eigenvalue weighted by Gasteiger charge is -2.10. The Balaban J connectivity index is 2.20. The Bertz CT molecular complexity index is 575. The lowest BCUT2D eigenvalue weighted by molar-refractivity contribution is 0.0698. The van der Waals surface area contributed by atoms with E-state index in [0.29, 0.717) is 18.0 Å². The number of aromatic carboxylic acids is 1. The molecule has 1 aromatic carbocycles. The molecule has 18 heavy (non-hydrogen) atoms. The average molecular weight is 246 g/mol. The van der Waals surface area contributed by atoms with E-state index in [0.717, 1.165) is 11.3 Å². The van der Waals surface area contributed by atoms with E-state index in [4.69, 9.17) is 9.63 Å². The van der Waals surface area contributed by atoms with Gasteiger partial charge in [-0.2, -0.15) is 0 Å². The molecule has 0 saturated heterocycles. The number of carboxylic acid groups (broad SMARTS) is 1. The molecule has 0 aliphatic heterocycles. The summed E-state index contributed by atoms with van der Waals surface area (Å²) in [6.45, 7) is 4.11. The van der Waals surface area contributed by atoms with E-state index in [1.54, 1.807) is 12.1 Å². The van der Waals surface area contributed by atoms with E-state index < -0.39 is 5.97 Å². The van der Waals surface area contributed by atoms with Gasteiger partial charge in [-0.05, 0) is 25.5 Å². The van der Waals surface area contributed by atoms with Gasteiger partial charge in [0.15, 0.2) is 5.76 Å². The van der Waals surface area contributed by atoms with Crippen molar-refractivity contribution in [2.24, 2.45) is 0 Å². The van der Waals surface area contributed by atoms with Gasteiger partial charge in [-0.15, -0.1) is 0 Å². The number of benzene rings is 1. The summed E-state index contributed by atoms with van der Waals surface area (Å²) in [6, 6.07) is 6.97. The van der Waals surface area contributed by atoms with Crippen molar-refractivity contribution in [1.29, 1.82) is 0 Å². The Morgan fingerprint density at radius 3 is 2.83 bits per heavy atom. The van der Waals surface area contributed by atoms with Gasteiger partial charge >= 0.3 is 5.97 Å². The molecule has 0 spiro atoms. The minimum Gasteiger partial charge on any atom is -0.478 e. The van der Waals surface area contributed by atoms with E-state index >= 15 is 0 Å². The first-order chi connectivity index (χ1) is 8.58. The van der Waals surface area contributed by atoms with Crippen LogP contribution < -0.4 is 5.32 Å². The maximum Gasteiger partial charge on any atom is 0.337 e. The van der Waals surface area contributed by atoms with Crippen molar-refractivity contribution in [2.45, 2.75) is 20.4 Å². The highest BCUT2D eigenvalue weighted by atomic mass is 16.5. The molecule has 0 aliphatic carbocycles. The largest absolute Gasteiger partial charge is 0.478 e. The number of carbonyl (C=O) groups is 1. The molecule has 2 aromatic rings. The SMILES string of the molecule is Cc1cc(CNc2c(C)cccc2C(=O)O)on1. The molecule has 2 N–H and O–H groups in total. The Labute approximate surface area is 104 Å². The van der Waals surface area contributed by atoms with Gasteiger partial charge in [0.2, 0.25) is 0 Å². The van der Waals surface area contributed by atoms with Gasteiger partial charge in [0.1, 0.15) is 0 Å². The molecular weight excluding hydrogens is 232 g/mol. The number of para-hydroxylation sites is 1. The highest BCUT2D eigenvalue weighted by molar-refractivity contribution is 5.95. The minimum atomic E-state index is -0.949. The fraction of sp³-hybridized carbons (Fsp3) is 0.231. The second-order valence-corrected chi connectivity index (χ2v) is 4.09. The van der Waals surface area contributed by atoms with E-state index in [2.05, 4.69) is 10.5 Å². The summed E-state index contributed by atoms with van der Waals surface area (Å²) in [5, 5.41) is 16.0. The van der Waals surface area contributed by atoms with Crippen LogP contribution >= 0.6 is 0 Å². The number of carboxylic acids is 1. The van der Waals surface area contributed by atoms with Crippen molar-refractivity contribution in [1.82, 2.24) is 5.16 Å². The summed E-state index contributed by atoms with van der Waals surface area (Å²) in [5.74, 6) is -0.276. The van der Waals surface area contributed by atoms with Gasteiger partial charge in [0.25, 0.3) is 0 Å². The van der Waals surface area contributed by atoms with Crippen LogP contribution in [0.4, 0.5) is 5.69 Å². The highest BCUT2D eigenvalue weighted by Gasteiger charge is 2.12. The molecule has 0 atom stereocenters. The van der Waals surface area contributed by atoms with Crippen molar-refractivity contribution >= 4 is 11.7 Å². The molecule has 94 valence electrons. The van der Waals surface area contributed by atoms with Crippen molar-refractivity contribution in [2.75, 3.05) is 5.32 Å². The Morgan fingerprint density at radius 2 is 2.22 bits per heavy atom. The lowest BCUT2D eigenvalue weighted by Crippen LogP contribution is -2.07. The van der Waals surface area contributed by atoms with Crippen LogP contribution in [0, 0.1) is 13.8 Å². The zero-order chi connectivity index (χ0) is 13.1. The molecule has 0 radical (unpaired) electrons. The van der Waals surface area contributed by atoms with Gasteiger partial charge in [-0.25, -0.2) is 4.79 Å². The predicted octanol–water partition coefficient (Wildman–Crippen LogP) is 2.60. The number of anilines is 1. The van der Waals surface area contributed by atoms with E-state index in [-0.39, 0.29) is 5.56 Å². The minimum absolute atomic E-state index is 0.256. The quantitative estimate of drug-likeness (QED) is 0.867. The number of hydrogen-bond acceptors (Lipinski definition) is 4. The predicted molar refractivity (Wildman–Crippen MR) is 66.7 cm³/mol. The number of hydrogen-bond donors (Lipinski definition) is 2. The van der Waals surface area contributed by atoms with Crippen LogP contribution in [-0.4, -0.2) is 16.2 Å². The Hall–Kier alpha value is -2.30. The maximum atomic E-state index is 11.1.